The van der Waals surface area contributed by atoms with Gasteiger partial charge in [-0.2, -0.15) is 0 Å². The van der Waals surface area contributed by atoms with Crippen molar-refractivity contribution in [1.82, 2.24) is 0 Å². The van der Waals surface area contributed by atoms with Crippen LogP contribution in [-0.4, -0.2) is 33.0 Å². The van der Waals surface area contributed by atoms with Gasteiger partial charge in [-0.15, -0.1) is 0 Å². The molecule has 0 aliphatic rings. The number of hydrogen-bond donors (Lipinski definition) is 0. The standard InChI is InChI=1S/C18H20N2O6S/c1-4-14-7-5-6-8-16(14)19(12-18(21)26-3)27(24,25)15-10-9-13(2)17(11-15)20(22)23/h5-11H,4,12H2,1-3H3. The van der Waals surface area contributed by atoms with Gasteiger partial charge in [-0.3, -0.25) is 19.2 Å². The largest absolute Gasteiger partial charge is 0.468 e. The minimum Gasteiger partial charge on any atom is -0.468 e. The molecule has 0 radical (unpaired) electrons. The zero-order valence-electron chi connectivity index (χ0n) is 15.2. The van der Waals surface area contributed by atoms with Crippen LogP contribution in [0.25, 0.3) is 0 Å². The molecular weight excluding hydrogens is 372 g/mol. The lowest BCUT2D eigenvalue weighted by Gasteiger charge is -2.25. The quantitative estimate of drug-likeness (QED) is 0.407. The molecule has 0 aromatic heterocycles. The van der Waals surface area contributed by atoms with Gasteiger partial charge in [-0.1, -0.05) is 31.2 Å². The maximum atomic E-state index is 13.2. The van der Waals surface area contributed by atoms with Crippen molar-refractivity contribution in [2.45, 2.75) is 25.2 Å². The molecular formula is C18H20N2O6S. The number of anilines is 1. The van der Waals surface area contributed by atoms with Gasteiger partial charge in [0.2, 0.25) is 0 Å². The number of esters is 1. The molecule has 8 nitrogen and oxygen atoms in total. The predicted octanol–water partition coefficient (Wildman–Crippen LogP) is 2.83. The van der Waals surface area contributed by atoms with Crippen molar-refractivity contribution in [2.75, 3.05) is 18.0 Å². The molecule has 27 heavy (non-hydrogen) atoms. The number of benzene rings is 2. The number of nitro benzene ring substituents is 1. The molecule has 0 fully saturated rings. The Morgan fingerprint density at radius 3 is 2.48 bits per heavy atom. The Balaban J connectivity index is 2.65. The number of carbonyl (C=O) groups is 1. The lowest BCUT2D eigenvalue weighted by Crippen LogP contribution is -2.37. The van der Waals surface area contributed by atoms with Crippen molar-refractivity contribution >= 4 is 27.4 Å². The Morgan fingerprint density at radius 2 is 1.89 bits per heavy atom. The summed E-state index contributed by atoms with van der Waals surface area (Å²) in [5.41, 5.74) is 1.07. The summed E-state index contributed by atoms with van der Waals surface area (Å²) in [6.07, 6.45) is 0.539. The molecule has 0 unspecified atom stereocenters. The third kappa shape index (κ3) is 4.25. The number of para-hydroxylation sites is 1. The maximum absolute atomic E-state index is 13.2. The van der Waals surface area contributed by atoms with E-state index in [1.807, 2.05) is 6.92 Å². The van der Waals surface area contributed by atoms with Gasteiger partial charge in [-0.25, -0.2) is 8.42 Å². The normalized spacial score (nSPS) is 11.1. The highest BCUT2D eigenvalue weighted by atomic mass is 32.2. The van der Waals surface area contributed by atoms with E-state index in [1.54, 1.807) is 24.3 Å². The van der Waals surface area contributed by atoms with Crippen LogP contribution in [0.2, 0.25) is 0 Å². The van der Waals surface area contributed by atoms with Gasteiger partial charge in [0, 0.05) is 11.6 Å². The summed E-state index contributed by atoms with van der Waals surface area (Å²) in [6.45, 7) is 2.84. The Bertz CT molecular complexity index is 972. The van der Waals surface area contributed by atoms with Crippen LogP contribution in [0.3, 0.4) is 0 Å². The van der Waals surface area contributed by atoms with Gasteiger partial charge < -0.3 is 4.74 Å². The molecule has 0 atom stereocenters. The lowest BCUT2D eigenvalue weighted by atomic mass is 10.1. The van der Waals surface area contributed by atoms with Gasteiger partial charge in [0.05, 0.1) is 22.6 Å². The predicted molar refractivity (Wildman–Crippen MR) is 100 cm³/mol. The molecule has 2 aromatic carbocycles. The lowest BCUT2D eigenvalue weighted by molar-refractivity contribution is -0.385. The molecule has 0 bridgehead atoms. The Morgan fingerprint density at radius 1 is 1.22 bits per heavy atom. The van der Waals surface area contributed by atoms with Crippen LogP contribution in [0.4, 0.5) is 11.4 Å². The summed E-state index contributed by atoms with van der Waals surface area (Å²) in [7, 11) is -3.07. The fourth-order valence-electron chi connectivity index (χ4n) is 2.61. The summed E-state index contributed by atoms with van der Waals surface area (Å²) in [5.74, 6) is -0.744. The Labute approximate surface area is 157 Å². The smallest absolute Gasteiger partial charge is 0.326 e. The Hall–Kier alpha value is -2.94. The van der Waals surface area contributed by atoms with Crippen molar-refractivity contribution < 1.29 is 22.9 Å². The SMILES string of the molecule is CCc1ccccc1N(CC(=O)OC)S(=O)(=O)c1ccc(C)c([N+](=O)[O-])c1. The monoisotopic (exact) mass is 392 g/mol. The van der Waals surface area contributed by atoms with Crippen LogP contribution in [0.5, 0.6) is 0 Å². The molecule has 2 rings (SSSR count). The second-order valence-electron chi connectivity index (χ2n) is 5.78. The summed E-state index contributed by atoms with van der Waals surface area (Å²) in [4.78, 5) is 22.1. The number of rotatable bonds is 7. The highest BCUT2D eigenvalue weighted by Gasteiger charge is 2.30. The number of sulfonamides is 1. The molecule has 0 aliphatic heterocycles. The average Bonchev–Trinajstić information content (AvgIpc) is 2.65. The van der Waals surface area contributed by atoms with Gasteiger partial charge in [0.25, 0.3) is 15.7 Å². The molecule has 2 aromatic rings. The van der Waals surface area contributed by atoms with E-state index >= 15 is 0 Å². The number of nitrogens with zero attached hydrogens (tertiary/aromatic N) is 2. The summed E-state index contributed by atoms with van der Waals surface area (Å²) >= 11 is 0. The van der Waals surface area contributed by atoms with Crippen molar-refractivity contribution in [3.05, 3.63) is 63.7 Å². The second-order valence-corrected chi connectivity index (χ2v) is 7.64. The number of methoxy groups -OCH3 is 1. The highest BCUT2D eigenvalue weighted by Crippen LogP contribution is 2.30. The molecule has 144 valence electrons. The van der Waals surface area contributed by atoms with E-state index in [4.69, 9.17) is 0 Å². The summed E-state index contributed by atoms with van der Waals surface area (Å²) in [6, 6.07) is 10.4. The average molecular weight is 392 g/mol. The van der Waals surface area contributed by atoms with Crippen LogP contribution < -0.4 is 4.31 Å². The first-order chi connectivity index (χ1) is 12.7. The molecule has 0 spiro atoms. The van der Waals surface area contributed by atoms with Crippen molar-refractivity contribution in [3.63, 3.8) is 0 Å². The van der Waals surface area contributed by atoms with Crippen molar-refractivity contribution in [2.24, 2.45) is 0 Å². The fourth-order valence-corrected chi connectivity index (χ4v) is 4.08. The summed E-state index contributed by atoms with van der Waals surface area (Å²) in [5, 5.41) is 11.2. The fraction of sp³-hybridized carbons (Fsp3) is 0.278. The topological polar surface area (TPSA) is 107 Å². The third-order valence-electron chi connectivity index (χ3n) is 4.11. The van der Waals surface area contributed by atoms with Gasteiger partial charge in [0.15, 0.2) is 0 Å². The minimum atomic E-state index is -4.24. The van der Waals surface area contributed by atoms with Crippen LogP contribution in [0, 0.1) is 17.0 Å². The molecule has 0 saturated heterocycles. The molecule has 0 saturated carbocycles. The molecule has 0 amide bonds. The van der Waals surface area contributed by atoms with Gasteiger partial charge in [-0.05, 0) is 31.0 Å². The number of ether oxygens (including phenoxy) is 1. The number of hydrogen-bond acceptors (Lipinski definition) is 6. The molecule has 0 aliphatic carbocycles. The van der Waals surface area contributed by atoms with Crippen molar-refractivity contribution in [1.29, 1.82) is 0 Å². The number of nitro groups is 1. The van der Waals surface area contributed by atoms with Crippen LogP contribution in [0.15, 0.2) is 47.4 Å². The maximum Gasteiger partial charge on any atom is 0.326 e. The van der Waals surface area contributed by atoms with E-state index in [9.17, 15) is 23.3 Å². The zero-order valence-corrected chi connectivity index (χ0v) is 16.0. The Kier molecular flexibility index (Phi) is 6.17. The van der Waals surface area contributed by atoms with E-state index in [-0.39, 0.29) is 10.6 Å². The van der Waals surface area contributed by atoms with E-state index in [1.165, 1.54) is 19.1 Å². The first kappa shape index (κ1) is 20.4. The molecule has 0 heterocycles. The van der Waals surface area contributed by atoms with E-state index in [0.717, 1.165) is 17.5 Å². The molecule has 0 N–H and O–H groups in total. The third-order valence-corrected chi connectivity index (χ3v) is 5.86. The first-order valence-electron chi connectivity index (χ1n) is 8.14. The number of aryl methyl sites for hydroxylation is 2. The minimum absolute atomic E-state index is 0.269. The van der Waals surface area contributed by atoms with Crippen molar-refractivity contribution in [3.8, 4) is 0 Å². The van der Waals surface area contributed by atoms with E-state index in [2.05, 4.69) is 4.74 Å². The highest BCUT2D eigenvalue weighted by molar-refractivity contribution is 7.92. The van der Waals surface area contributed by atoms with Crippen LogP contribution in [0.1, 0.15) is 18.1 Å². The van der Waals surface area contributed by atoms with Crippen LogP contribution in [-0.2, 0) is 26.0 Å². The van der Waals surface area contributed by atoms with Crippen LogP contribution >= 0.6 is 0 Å². The molecule has 9 heteroatoms. The number of carbonyl (C=O) groups excluding carboxylic acids is 1. The van der Waals surface area contributed by atoms with Gasteiger partial charge >= 0.3 is 5.97 Å². The summed E-state index contributed by atoms with van der Waals surface area (Å²) < 4.78 is 32.0. The zero-order chi connectivity index (χ0) is 20.2. The second kappa shape index (κ2) is 8.17. The van der Waals surface area contributed by atoms with E-state index in [0.29, 0.717) is 23.2 Å². The van der Waals surface area contributed by atoms with Gasteiger partial charge in [0.1, 0.15) is 6.54 Å². The first-order valence-corrected chi connectivity index (χ1v) is 9.58. The van der Waals surface area contributed by atoms with E-state index < -0.39 is 27.5 Å².